The summed E-state index contributed by atoms with van der Waals surface area (Å²) in [5, 5.41) is 7.55. The standard InChI is InChI=1S/C26H32N6O2/c1-16-6-7-17(25(34)29-23-12-22(26(2,3)4)30-31(23)5)11-21(16)18-8-9-32(15-18)20-10-19(24(27)33)13-28-14-20/h6-7,10-14,18H,8-9,15H2,1-5H3,(H2,27,33)(H,29,34)/t18-/m1/s1. The summed E-state index contributed by atoms with van der Waals surface area (Å²) in [5.41, 5.74) is 10.5. The van der Waals surface area contributed by atoms with E-state index in [9.17, 15) is 9.59 Å². The van der Waals surface area contributed by atoms with Gasteiger partial charge in [0.25, 0.3) is 5.91 Å². The lowest BCUT2D eigenvalue weighted by Crippen LogP contribution is -2.21. The lowest BCUT2D eigenvalue weighted by Gasteiger charge is -2.20. The number of nitrogens with one attached hydrogen (secondary N) is 1. The van der Waals surface area contributed by atoms with Gasteiger partial charge in [-0.1, -0.05) is 26.8 Å². The number of carbonyl (C=O) groups excluding carboxylic acids is 2. The third kappa shape index (κ3) is 4.81. The van der Waals surface area contributed by atoms with E-state index in [0.29, 0.717) is 16.9 Å². The molecule has 3 aromatic rings. The topological polar surface area (TPSA) is 106 Å². The van der Waals surface area contributed by atoms with Crippen LogP contribution in [0.15, 0.2) is 42.7 Å². The van der Waals surface area contributed by atoms with E-state index in [1.54, 1.807) is 16.9 Å². The number of rotatable bonds is 5. The van der Waals surface area contributed by atoms with Gasteiger partial charge < -0.3 is 16.0 Å². The number of aryl methyl sites for hydroxylation is 2. The highest BCUT2D eigenvalue weighted by Gasteiger charge is 2.27. The van der Waals surface area contributed by atoms with Crippen LogP contribution < -0.4 is 16.0 Å². The molecule has 1 aliphatic heterocycles. The fraction of sp³-hybridized carbons (Fsp3) is 0.385. The van der Waals surface area contributed by atoms with Crippen LogP contribution in [-0.4, -0.2) is 39.7 Å². The van der Waals surface area contributed by atoms with Gasteiger partial charge in [-0.15, -0.1) is 0 Å². The number of hydrogen-bond acceptors (Lipinski definition) is 5. The van der Waals surface area contributed by atoms with Gasteiger partial charge in [0.15, 0.2) is 0 Å². The molecule has 4 rings (SSSR count). The van der Waals surface area contributed by atoms with Crippen LogP contribution in [0.25, 0.3) is 0 Å². The molecule has 34 heavy (non-hydrogen) atoms. The van der Waals surface area contributed by atoms with Crippen molar-refractivity contribution in [2.75, 3.05) is 23.3 Å². The second kappa shape index (κ2) is 8.93. The van der Waals surface area contributed by atoms with Crippen molar-refractivity contribution in [3.05, 3.63) is 70.7 Å². The molecule has 2 amide bonds. The number of primary amides is 1. The van der Waals surface area contributed by atoms with Crippen molar-refractivity contribution < 1.29 is 9.59 Å². The van der Waals surface area contributed by atoms with E-state index in [1.807, 2.05) is 31.3 Å². The molecule has 2 aromatic heterocycles. The summed E-state index contributed by atoms with van der Waals surface area (Å²) in [7, 11) is 1.83. The number of nitrogens with two attached hydrogens (primary N) is 1. The highest BCUT2D eigenvalue weighted by Crippen LogP contribution is 2.33. The third-order valence-electron chi connectivity index (χ3n) is 6.43. The molecule has 0 unspecified atom stereocenters. The van der Waals surface area contributed by atoms with Crippen molar-refractivity contribution in [2.45, 2.75) is 45.4 Å². The number of hydrogen-bond donors (Lipinski definition) is 2. The normalized spacial score (nSPS) is 16.0. The Morgan fingerprint density at radius 3 is 2.56 bits per heavy atom. The van der Waals surface area contributed by atoms with Gasteiger partial charge >= 0.3 is 0 Å². The zero-order valence-electron chi connectivity index (χ0n) is 20.4. The second-order valence-corrected chi connectivity index (χ2v) is 10.0. The Labute approximate surface area is 200 Å². The summed E-state index contributed by atoms with van der Waals surface area (Å²) in [6.07, 6.45) is 4.19. The molecule has 0 saturated carbocycles. The van der Waals surface area contributed by atoms with Crippen LogP contribution in [0.4, 0.5) is 11.5 Å². The lowest BCUT2D eigenvalue weighted by molar-refractivity contribution is 0.0997. The van der Waals surface area contributed by atoms with Gasteiger partial charge in [0.05, 0.1) is 23.1 Å². The average molecular weight is 461 g/mol. The van der Waals surface area contributed by atoms with Crippen LogP contribution >= 0.6 is 0 Å². The predicted molar refractivity (Wildman–Crippen MR) is 133 cm³/mol. The fourth-order valence-corrected chi connectivity index (χ4v) is 4.34. The monoisotopic (exact) mass is 460 g/mol. The van der Waals surface area contributed by atoms with Gasteiger partial charge in [-0.05, 0) is 42.7 Å². The van der Waals surface area contributed by atoms with Crippen LogP contribution in [-0.2, 0) is 12.5 Å². The van der Waals surface area contributed by atoms with Gasteiger partial charge in [0.2, 0.25) is 5.91 Å². The van der Waals surface area contributed by atoms with E-state index in [2.05, 4.69) is 48.0 Å². The summed E-state index contributed by atoms with van der Waals surface area (Å²) in [5.74, 6) is 0.306. The van der Waals surface area contributed by atoms with Crippen LogP contribution in [0.3, 0.4) is 0 Å². The molecule has 3 N–H and O–H groups in total. The quantitative estimate of drug-likeness (QED) is 0.603. The highest BCUT2D eigenvalue weighted by atomic mass is 16.2. The van der Waals surface area contributed by atoms with E-state index >= 15 is 0 Å². The first-order chi connectivity index (χ1) is 16.0. The number of nitrogens with zero attached hydrogens (tertiary/aromatic N) is 4. The zero-order chi connectivity index (χ0) is 24.6. The molecule has 3 heterocycles. The first-order valence-corrected chi connectivity index (χ1v) is 11.5. The highest BCUT2D eigenvalue weighted by molar-refractivity contribution is 6.04. The van der Waals surface area contributed by atoms with Crippen LogP contribution in [0.5, 0.6) is 0 Å². The third-order valence-corrected chi connectivity index (χ3v) is 6.43. The molecule has 8 nitrogen and oxygen atoms in total. The zero-order valence-corrected chi connectivity index (χ0v) is 20.4. The Morgan fingerprint density at radius 1 is 1.12 bits per heavy atom. The molecule has 1 aliphatic rings. The minimum atomic E-state index is -0.484. The molecule has 0 spiro atoms. The van der Waals surface area contributed by atoms with Gasteiger partial charge in [-0.3, -0.25) is 19.3 Å². The van der Waals surface area contributed by atoms with Crippen LogP contribution in [0.1, 0.15) is 70.6 Å². The van der Waals surface area contributed by atoms with Crippen molar-refractivity contribution in [1.29, 1.82) is 0 Å². The number of pyridine rings is 1. The minimum absolute atomic E-state index is 0.0986. The van der Waals surface area contributed by atoms with E-state index in [0.717, 1.165) is 42.0 Å². The van der Waals surface area contributed by atoms with Crippen molar-refractivity contribution in [3.63, 3.8) is 0 Å². The lowest BCUT2D eigenvalue weighted by atomic mass is 9.92. The molecule has 1 aromatic carbocycles. The van der Waals surface area contributed by atoms with Gasteiger partial charge in [-0.25, -0.2) is 0 Å². The van der Waals surface area contributed by atoms with Crippen molar-refractivity contribution in [3.8, 4) is 0 Å². The summed E-state index contributed by atoms with van der Waals surface area (Å²) in [6.45, 7) is 9.99. The molecule has 178 valence electrons. The average Bonchev–Trinajstić information content (AvgIpc) is 3.41. The molecule has 1 saturated heterocycles. The SMILES string of the molecule is Cc1ccc(C(=O)Nc2cc(C(C)(C)C)nn2C)cc1[C@@H]1CCN(c2cncc(C(N)=O)c2)C1. The van der Waals surface area contributed by atoms with Gasteiger partial charge in [0.1, 0.15) is 5.82 Å². The molecule has 0 bridgehead atoms. The van der Waals surface area contributed by atoms with Crippen LogP contribution in [0, 0.1) is 6.92 Å². The maximum atomic E-state index is 13.1. The number of aromatic nitrogens is 3. The van der Waals surface area contributed by atoms with E-state index in [-0.39, 0.29) is 17.2 Å². The van der Waals surface area contributed by atoms with Crippen LogP contribution in [0.2, 0.25) is 0 Å². The van der Waals surface area contributed by atoms with Crippen molar-refractivity contribution in [2.24, 2.45) is 12.8 Å². The van der Waals surface area contributed by atoms with E-state index in [4.69, 9.17) is 5.73 Å². The van der Waals surface area contributed by atoms with Crippen molar-refractivity contribution in [1.82, 2.24) is 14.8 Å². The molecule has 1 atom stereocenters. The largest absolute Gasteiger partial charge is 0.370 e. The smallest absolute Gasteiger partial charge is 0.256 e. The van der Waals surface area contributed by atoms with Crippen molar-refractivity contribution >= 4 is 23.3 Å². The fourth-order valence-electron chi connectivity index (χ4n) is 4.34. The number of anilines is 2. The summed E-state index contributed by atoms with van der Waals surface area (Å²) < 4.78 is 1.71. The second-order valence-electron chi connectivity index (χ2n) is 10.0. The predicted octanol–water partition coefficient (Wildman–Crippen LogP) is 3.77. The summed E-state index contributed by atoms with van der Waals surface area (Å²) >= 11 is 0. The Hall–Kier alpha value is -3.68. The first kappa shape index (κ1) is 23.5. The Kier molecular flexibility index (Phi) is 6.17. The van der Waals surface area contributed by atoms with Gasteiger partial charge in [0, 0.05) is 49.3 Å². The number of amides is 2. The molecular weight excluding hydrogens is 428 g/mol. The molecular formula is C26H32N6O2. The van der Waals surface area contributed by atoms with Gasteiger partial charge in [-0.2, -0.15) is 5.10 Å². The Balaban J connectivity index is 1.52. The molecule has 8 heteroatoms. The molecule has 0 aliphatic carbocycles. The maximum absolute atomic E-state index is 13.1. The first-order valence-electron chi connectivity index (χ1n) is 11.5. The molecule has 1 fully saturated rings. The number of carbonyl (C=O) groups is 2. The number of benzene rings is 1. The Morgan fingerprint density at radius 2 is 1.88 bits per heavy atom. The Bertz CT molecular complexity index is 1240. The van der Waals surface area contributed by atoms with E-state index < -0.39 is 5.91 Å². The van der Waals surface area contributed by atoms with E-state index in [1.165, 1.54) is 6.20 Å². The minimum Gasteiger partial charge on any atom is -0.370 e. The summed E-state index contributed by atoms with van der Waals surface area (Å²) in [6, 6.07) is 9.58. The molecule has 0 radical (unpaired) electrons. The maximum Gasteiger partial charge on any atom is 0.256 e. The summed E-state index contributed by atoms with van der Waals surface area (Å²) in [4.78, 5) is 31.0.